The summed E-state index contributed by atoms with van der Waals surface area (Å²) in [6.07, 6.45) is 3.45. The van der Waals surface area contributed by atoms with Crippen molar-refractivity contribution in [3.05, 3.63) is 35.4 Å². The van der Waals surface area contributed by atoms with Crippen LogP contribution in [0.3, 0.4) is 0 Å². The zero-order valence-corrected chi connectivity index (χ0v) is 18.7. The first kappa shape index (κ1) is 22.4. The molecule has 0 aliphatic carbocycles. The Labute approximate surface area is 168 Å². The lowest BCUT2D eigenvalue weighted by Gasteiger charge is -2.35. The van der Waals surface area contributed by atoms with Gasteiger partial charge in [-0.05, 0) is 43.2 Å². The molecule has 1 aliphatic rings. The highest BCUT2D eigenvalue weighted by Crippen LogP contribution is 2.25. The Kier molecular flexibility index (Phi) is 8.33. The summed E-state index contributed by atoms with van der Waals surface area (Å²) in [5, 5.41) is 0. The van der Waals surface area contributed by atoms with E-state index in [1.807, 2.05) is 0 Å². The second kappa shape index (κ2) is 10.0. The van der Waals surface area contributed by atoms with Crippen LogP contribution >= 0.6 is 0 Å². The van der Waals surface area contributed by atoms with Gasteiger partial charge < -0.3 is 4.74 Å². The first-order chi connectivity index (χ1) is 12.7. The molecule has 27 heavy (non-hydrogen) atoms. The van der Waals surface area contributed by atoms with Gasteiger partial charge in [0.15, 0.2) is 0 Å². The van der Waals surface area contributed by atoms with Crippen molar-refractivity contribution in [1.82, 2.24) is 9.80 Å². The fraction of sp³-hybridized carbons (Fsp3) is 0.750. The van der Waals surface area contributed by atoms with Crippen LogP contribution in [-0.2, 0) is 17.7 Å². The van der Waals surface area contributed by atoms with Crippen LogP contribution in [0.25, 0.3) is 0 Å². The van der Waals surface area contributed by atoms with Crippen molar-refractivity contribution >= 4 is 0 Å². The minimum Gasteiger partial charge on any atom is -0.374 e. The molecule has 1 saturated heterocycles. The lowest BCUT2D eigenvalue weighted by atomic mass is 9.83. The van der Waals surface area contributed by atoms with Crippen LogP contribution in [0.2, 0.25) is 0 Å². The van der Waals surface area contributed by atoms with Crippen LogP contribution in [0.4, 0.5) is 0 Å². The lowest BCUT2D eigenvalue weighted by Crippen LogP contribution is -2.47. The Hall–Kier alpha value is -0.900. The topological polar surface area (TPSA) is 15.7 Å². The predicted molar refractivity (Wildman–Crippen MR) is 116 cm³/mol. The summed E-state index contributed by atoms with van der Waals surface area (Å²) in [5.74, 6) is 0. The predicted octanol–water partition coefficient (Wildman–Crippen LogP) is 4.99. The molecule has 154 valence electrons. The van der Waals surface area contributed by atoms with Crippen molar-refractivity contribution in [2.75, 3.05) is 39.3 Å². The van der Waals surface area contributed by atoms with Crippen molar-refractivity contribution in [2.24, 2.45) is 5.41 Å². The van der Waals surface area contributed by atoms with Gasteiger partial charge in [-0.1, -0.05) is 58.4 Å². The monoisotopic (exact) mass is 374 g/mol. The summed E-state index contributed by atoms with van der Waals surface area (Å²) in [4.78, 5) is 5.12. The molecule has 1 heterocycles. The fourth-order valence-electron chi connectivity index (χ4n) is 3.42. The molecule has 0 amide bonds. The zero-order valence-electron chi connectivity index (χ0n) is 18.7. The lowest BCUT2D eigenvalue weighted by molar-refractivity contribution is -0.0326. The molecule has 0 spiro atoms. The van der Waals surface area contributed by atoms with Gasteiger partial charge in [-0.15, -0.1) is 0 Å². The second-order valence-electron chi connectivity index (χ2n) is 9.59. The number of nitrogens with zero attached hydrogens (tertiary/aromatic N) is 2. The van der Waals surface area contributed by atoms with Crippen molar-refractivity contribution in [3.63, 3.8) is 0 Å². The fourth-order valence-corrected chi connectivity index (χ4v) is 3.42. The van der Waals surface area contributed by atoms with E-state index in [0.29, 0.717) is 5.41 Å². The van der Waals surface area contributed by atoms with Gasteiger partial charge in [-0.2, -0.15) is 0 Å². The van der Waals surface area contributed by atoms with E-state index in [-0.39, 0.29) is 5.60 Å². The third kappa shape index (κ3) is 7.93. The van der Waals surface area contributed by atoms with Gasteiger partial charge >= 0.3 is 0 Å². The number of piperazine rings is 1. The normalized spacial score (nSPS) is 17.4. The Balaban J connectivity index is 1.71. The highest BCUT2D eigenvalue weighted by atomic mass is 16.5. The largest absolute Gasteiger partial charge is 0.374 e. The number of hydrogen-bond donors (Lipinski definition) is 0. The molecule has 3 heteroatoms. The molecule has 0 atom stereocenters. The van der Waals surface area contributed by atoms with E-state index in [9.17, 15) is 0 Å². The first-order valence-electron chi connectivity index (χ1n) is 10.9. The van der Waals surface area contributed by atoms with Crippen LogP contribution in [0.5, 0.6) is 0 Å². The van der Waals surface area contributed by atoms with Crippen molar-refractivity contribution < 1.29 is 4.74 Å². The molecule has 1 aromatic carbocycles. The van der Waals surface area contributed by atoms with Gasteiger partial charge in [-0.3, -0.25) is 9.80 Å². The van der Waals surface area contributed by atoms with Gasteiger partial charge in [0.05, 0.1) is 12.2 Å². The maximum atomic E-state index is 6.00. The summed E-state index contributed by atoms with van der Waals surface area (Å²) in [6.45, 7) is 21.1. The van der Waals surface area contributed by atoms with Gasteiger partial charge in [0, 0.05) is 39.3 Å². The van der Waals surface area contributed by atoms with Gasteiger partial charge in [-0.25, -0.2) is 0 Å². The first-order valence-corrected chi connectivity index (χ1v) is 10.9. The van der Waals surface area contributed by atoms with Crippen LogP contribution < -0.4 is 0 Å². The molecular formula is C24H42N2O. The van der Waals surface area contributed by atoms with Crippen molar-refractivity contribution in [1.29, 1.82) is 0 Å². The second-order valence-corrected chi connectivity index (χ2v) is 9.59. The molecule has 1 aliphatic heterocycles. The molecule has 0 saturated carbocycles. The van der Waals surface area contributed by atoms with E-state index < -0.39 is 0 Å². The maximum absolute atomic E-state index is 6.00. The van der Waals surface area contributed by atoms with E-state index in [1.54, 1.807) is 0 Å². The van der Waals surface area contributed by atoms with Crippen LogP contribution in [0.1, 0.15) is 65.5 Å². The van der Waals surface area contributed by atoms with Gasteiger partial charge in [0.25, 0.3) is 0 Å². The Morgan fingerprint density at radius 2 is 1.37 bits per heavy atom. The van der Waals surface area contributed by atoms with E-state index in [0.717, 1.165) is 52.3 Å². The Morgan fingerprint density at radius 1 is 0.815 bits per heavy atom. The van der Waals surface area contributed by atoms with Crippen molar-refractivity contribution in [3.8, 4) is 0 Å². The molecule has 0 N–H and O–H groups in total. The molecule has 1 fully saturated rings. The minimum absolute atomic E-state index is 0.0142. The summed E-state index contributed by atoms with van der Waals surface area (Å²) in [7, 11) is 0. The highest BCUT2D eigenvalue weighted by Gasteiger charge is 2.19. The third-order valence-electron chi connectivity index (χ3n) is 6.29. The van der Waals surface area contributed by atoms with Gasteiger partial charge in [0.2, 0.25) is 0 Å². The molecule has 2 rings (SSSR count). The van der Waals surface area contributed by atoms with E-state index in [2.05, 4.69) is 75.6 Å². The average Bonchev–Trinajstić information content (AvgIpc) is 2.64. The SMILES string of the molecule is CCC(C)(C)Cc1ccc(CN2CCN(CCOC(C)(C)CC)CC2)cc1. The molecular weight excluding hydrogens is 332 g/mol. The van der Waals surface area contributed by atoms with Crippen LogP contribution in [0, 0.1) is 5.41 Å². The standard InChI is InChI=1S/C24H42N2O/c1-7-23(3,4)19-21-9-11-22(12-10-21)20-26-15-13-25(14-16-26)17-18-27-24(5,6)8-2/h9-12H,7-8,13-20H2,1-6H3. The number of ether oxygens (including phenoxy) is 1. The molecule has 0 aromatic heterocycles. The van der Waals surface area contributed by atoms with Gasteiger partial charge in [0.1, 0.15) is 0 Å². The smallest absolute Gasteiger partial charge is 0.0624 e. The Morgan fingerprint density at radius 3 is 1.93 bits per heavy atom. The van der Waals surface area contributed by atoms with E-state index >= 15 is 0 Å². The number of hydrogen-bond acceptors (Lipinski definition) is 3. The molecule has 3 nitrogen and oxygen atoms in total. The third-order valence-corrected chi connectivity index (χ3v) is 6.29. The minimum atomic E-state index is 0.0142. The highest BCUT2D eigenvalue weighted by molar-refractivity contribution is 5.23. The summed E-state index contributed by atoms with van der Waals surface area (Å²) >= 11 is 0. The maximum Gasteiger partial charge on any atom is 0.0624 e. The van der Waals surface area contributed by atoms with Crippen LogP contribution in [-0.4, -0.2) is 54.7 Å². The molecule has 0 radical (unpaired) electrons. The molecule has 0 bridgehead atoms. The van der Waals surface area contributed by atoms with Crippen LogP contribution in [0.15, 0.2) is 24.3 Å². The quantitative estimate of drug-likeness (QED) is 0.574. The number of benzene rings is 1. The summed E-state index contributed by atoms with van der Waals surface area (Å²) in [5.41, 5.74) is 3.31. The summed E-state index contributed by atoms with van der Waals surface area (Å²) in [6, 6.07) is 9.31. The zero-order chi connectivity index (χ0) is 19.9. The average molecular weight is 375 g/mol. The number of rotatable bonds is 10. The van der Waals surface area contributed by atoms with Crippen molar-refractivity contribution in [2.45, 2.75) is 73.0 Å². The molecule has 0 unspecified atom stereocenters. The van der Waals surface area contributed by atoms with E-state index in [4.69, 9.17) is 4.74 Å². The van der Waals surface area contributed by atoms with E-state index in [1.165, 1.54) is 24.0 Å². The summed E-state index contributed by atoms with van der Waals surface area (Å²) < 4.78 is 6.00. The molecule has 1 aromatic rings. The Bertz CT molecular complexity index is 542.